The van der Waals surface area contributed by atoms with E-state index in [4.69, 9.17) is 17.0 Å². The Hall–Kier alpha value is -0.680. The molecule has 1 aromatic heterocycles. The van der Waals surface area contributed by atoms with Crippen LogP contribution in [0, 0.1) is 3.95 Å². The van der Waals surface area contributed by atoms with Gasteiger partial charge in [-0.2, -0.15) is 0 Å². The first-order valence-electron chi connectivity index (χ1n) is 3.54. The third-order valence-electron chi connectivity index (χ3n) is 1.21. The fourth-order valence-corrected chi connectivity index (χ4v) is 1.63. The highest BCUT2D eigenvalue weighted by atomic mass is 32.1. The summed E-state index contributed by atoms with van der Waals surface area (Å²) in [6, 6.07) is 0. The number of carbonyl (C=O) groups is 1. The van der Waals surface area contributed by atoms with Crippen molar-refractivity contribution in [3.8, 4) is 0 Å². The van der Waals surface area contributed by atoms with Crippen molar-refractivity contribution in [1.82, 2.24) is 4.98 Å². The molecule has 0 spiro atoms. The van der Waals surface area contributed by atoms with Gasteiger partial charge in [-0.05, 0) is 19.1 Å². The third kappa shape index (κ3) is 4.19. The number of rotatable bonds is 3. The van der Waals surface area contributed by atoms with E-state index in [1.165, 1.54) is 11.3 Å². The first-order valence-corrected chi connectivity index (χ1v) is 4.83. The van der Waals surface area contributed by atoms with Gasteiger partial charge in [-0.1, -0.05) is 7.43 Å². The molecule has 1 heterocycles. The Balaban J connectivity index is 0.00000144. The molecule has 0 aliphatic rings. The minimum Gasteiger partial charge on any atom is -0.466 e. The molecule has 0 saturated carbocycles. The van der Waals surface area contributed by atoms with E-state index in [1.807, 2.05) is 5.38 Å². The molecule has 0 fully saturated rings. The molecule has 0 bridgehead atoms. The molecule has 74 valence electrons. The Bertz CT molecular complexity index is 316. The van der Waals surface area contributed by atoms with Crippen molar-refractivity contribution in [2.75, 3.05) is 6.61 Å². The number of hydrogen-bond acceptors (Lipinski definition) is 4. The summed E-state index contributed by atoms with van der Waals surface area (Å²) in [4.78, 5) is 13.8. The van der Waals surface area contributed by atoms with Gasteiger partial charge in [0.05, 0.1) is 13.0 Å². The molecule has 1 N–H and O–H groups in total. The van der Waals surface area contributed by atoms with Crippen molar-refractivity contribution in [3.05, 3.63) is 15.0 Å². The molecular formula is C8H13NO2S2. The second-order valence-corrected chi connectivity index (χ2v) is 3.70. The van der Waals surface area contributed by atoms with E-state index in [1.54, 1.807) is 6.92 Å². The number of hydrogen-bond donors (Lipinski definition) is 1. The van der Waals surface area contributed by atoms with Crippen LogP contribution in [0.25, 0.3) is 0 Å². The number of carbonyl (C=O) groups excluding carboxylic acids is 1. The lowest BCUT2D eigenvalue weighted by Gasteiger charge is -1.97. The Labute approximate surface area is 86.8 Å². The van der Waals surface area contributed by atoms with Crippen LogP contribution in [0.4, 0.5) is 0 Å². The lowest BCUT2D eigenvalue weighted by Crippen LogP contribution is -2.07. The number of H-pyrrole nitrogens is 1. The van der Waals surface area contributed by atoms with Gasteiger partial charge in [0.2, 0.25) is 0 Å². The second kappa shape index (κ2) is 5.88. The normalized spacial score (nSPS) is 9.00. The molecule has 0 radical (unpaired) electrons. The maximum absolute atomic E-state index is 11.0. The van der Waals surface area contributed by atoms with Crippen LogP contribution in [-0.4, -0.2) is 17.6 Å². The lowest BCUT2D eigenvalue weighted by atomic mass is 10.3. The van der Waals surface area contributed by atoms with Crippen LogP contribution in [0.5, 0.6) is 0 Å². The van der Waals surface area contributed by atoms with Crippen molar-refractivity contribution in [1.29, 1.82) is 0 Å². The van der Waals surface area contributed by atoms with Gasteiger partial charge in [0.15, 0.2) is 3.95 Å². The number of aromatic nitrogens is 1. The Morgan fingerprint density at radius 1 is 1.77 bits per heavy atom. The fraction of sp³-hybridized carbons (Fsp3) is 0.500. The van der Waals surface area contributed by atoms with Crippen LogP contribution in [-0.2, 0) is 16.0 Å². The largest absolute Gasteiger partial charge is 0.466 e. The van der Waals surface area contributed by atoms with Gasteiger partial charge in [-0.25, -0.2) is 0 Å². The summed E-state index contributed by atoms with van der Waals surface area (Å²) < 4.78 is 5.46. The maximum atomic E-state index is 11.0. The monoisotopic (exact) mass is 219 g/mol. The topological polar surface area (TPSA) is 42.1 Å². The molecule has 1 rings (SSSR count). The summed E-state index contributed by atoms with van der Waals surface area (Å²) >= 11 is 6.28. The molecule has 0 aromatic carbocycles. The van der Waals surface area contributed by atoms with E-state index in [0.29, 0.717) is 10.6 Å². The standard InChI is InChI=1S/C7H9NO2S2.CH4/c1-2-10-6(9)3-5-4-12-7(11)8-5;/h4H,2-3H2,1H3,(H,8,11);1H4. The minimum absolute atomic E-state index is 0. The molecular weight excluding hydrogens is 206 g/mol. The maximum Gasteiger partial charge on any atom is 0.311 e. The zero-order chi connectivity index (χ0) is 8.97. The van der Waals surface area contributed by atoms with Gasteiger partial charge < -0.3 is 9.72 Å². The van der Waals surface area contributed by atoms with Crippen molar-refractivity contribution in [2.45, 2.75) is 20.8 Å². The summed E-state index contributed by atoms with van der Waals surface area (Å²) in [6.07, 6.45) is 0.279. The second-order valence-electron chi connectivity index (χ2n) is 2.16. The minimum atomic E-state index is -0.221. The summed E-state index contributed by atoms with van der Waals surface area (Å²) in [7, 11) is 0. The van der Waals surface area contributed by atoms with Gasteiger partial charge in [-0.15, -0.1) is 11.3 Å². The van der Waals surface area contributed by atoms with Gasteiger partial charge in [0.1, 0.15) is 0 Å². The molecule has 5 heteroatoms. The first-order chi connectivity index (χ1) is 5.72. The van der Waals surface area contributed by atoms with Gasteiger partial charge in [0.25, 0.3) is 0 Å². The molecule has 0 atom stereocenters. The van der Waals surface area contributed by atoms with Crippen LogP contribution >= 0.6 is 23.6 Å². The number of esters is 1. The van der Waals surface area contributed by atoms with Gasteiger partial charge in [-0.3, -0.25) is 4.79 Å². The highest BCUT2D eigenvalue weighted by Crippen LogP contribution is 2.05. The SMILES string of the molecule is C.CCOC(=O)Cc1csc(=S)[nH]1. The number of aromatic amines is 1. The van der Waals surface area contributed by atoms with Crippen molar-refractivity contribution in [3.63, 3.8) is 0 Å². The van der Waals surface area contributed by atoms with Crippen LogP contribution < -0.4 is 0 Å². The van der Waals surface area contributed by atoms with Crippen molar-refractivity contribution >= 4 is 29.5 Å². The highest BCUT2D eigenvalue weighted by molar-refractivity contribution is 7.73. The third-order valence-corrected chi connectivity index (χ3v) is 2.32. The van der Waals surface area contributed by atoms with Crippen LogP contribution in [0.15, 0.2) is 5.38 Å². The van der Waals surface area contributed by atoms with Gasteiger partial charge >= 0.3 is 5.97 Å². The molecule has 13 heavy (non-hydrogen) atoms. The van der Waals surface area contributed by atoms with E-state index in [0.717, 1.165) is 5.69 Å². The summed E-state index contributed by atoms with van der Waals surface area (Å²) in [5.41, 5.74) is 0.823. The van der Waals surface area contributed by atoms with E-state index < -0.39 is 0 Å². The van der Waals surface area contributed by atoms with E-state index >= 15 is 0 Å². The number of ether oxygens (including phenoxy) is 1. The van der Waals surface area contributed by atoms with Gasteiger partial charge in [0, 0.05) is 11.1 Å². The van der Waals surface area contributed by atoms with Crippen LogP contribution in [0.3, 0.4) is 0 Å². The smallest absolute Gasteiger partial charge is 0.311 e. The number of nitrogens with one attached hydrogen (secondary N) is 1. The molecule has 0 aliphatic carbocycles. The Morgan fingerprint density at radius 2 is 2.46 bits per heavy atom. The zero-order valence-electron chi connectivity index (χ0n) is 6.62. The lowest BCUT2D eigenvalue weighted by molar-refractivity contribution is -0.142. The van der Waals surface area contributed by atoms with Crippen LogP contribution in [0.2, 0.25) is 0 Å². The zero-order valence-corrected chi connectivity index (χ0v) is 8.26. The van der Waals surface area contributed by atoms with E-state index in [9.17, 15) is 4.79 Å². The molecule has 1 aromatic rings. The average Bonchev–Trinajstić information content (AvgIpc) is 2.36. The number of thiazole rings is 1. The quantitative estimate of drug-likeness (QED) is 0.627. The molecule has 0 aliphatic heterocycles. The summed E-state index contributed by atoms with van der Waals surface area (Å²) in [5.74, 6) is -0.221. The Morgan fingerprint density at radius 3 is 2.92 bits per heavy atom. The highest BCUT2D eigenvalue weighted by Gasteiger charge is 2.04. The van der Waals surface area contributed by atoms with E-state index in [-0.39, 0.29) is 19.8 Å². The first kappa shape index (κ1) is 12.3. The van der Waals surface area contributed by atoms with E-state index in [2.05, 4.69) is 4.98 Å². The molecule has 3 nitrogen and oxygen atoms in total. The molecule has 0 saturated heterocycles. The predicted molar refractivity (Wildman–Crippen MR) is 56.6 cm³/mol. The predicted octanol–water partition coefficient (Wildman–Crippen LogP) is 2.55. The fourth-order valence-electron chi connectivity index (χ4n) is 0.768. The van der Waals surface area contributed by atoms with Crippen molar-refractivity contribution in [2.24, 2.45) is 0 Å². The Kier molecular flexibility index (Phi) is 5.57. The molecule has 0 unspecified atom stereocenters. The summed E-state index contributed by atoms with van der Waals surface area (Å²) in [6.45, 7) is 2.21. The van der Waals surface area contributed by atoms with Crippen molar-refractivity contribution < 1.29 is 9.53 Å². The molecule has 0 amide bonds. The van der Waals surface area contributed by atoms with Crippen LogP contribution in [0.1, 0.15) is 20.0 Å². The summed E-state index contributed by atoms with van der Waals surface area (Å²) in [5, 5.41) is 1.83. The average molecular weight is 219 g/mol.